The van der Waals surface area contributed by atoms with Crippen molar-refractivity contribution in [3.63, 3.8) is 0 Å². The topological polar surface area (TPSA) is 59.4 Å². The van der Waals surface area contributed by atoms with Crippen LogP contribution in [0.3, 0.4) is 0 Å². The van der Waals surface area contributed by atoms with Gasteiger partial charge in [-0.25, -0.2) is 8.42 Å². The lowest BCUT2D eigenvalue weighted by atomic mass is 9.99. The van der Waals surface area contributed by atoms with Gasteiger partial charge in [0.2, 0.25) is 0 Å². The zero-order chi connectivity index (χ0) is 27.8. The first kappa shape index (κ1) is 28.3. The summed E-state index contributed by atoms with van der Waals surface area (Å²) in [5, 5.41) is 0. The van der Waals surface area contributed by atoms with Crippen molar-refractivity contribution in [2.45, 2.75) is 25.8 Å². The molecule has 2 aromatic carbocycles. The van der Waals surface area contributed by atoms with Crippen molar-refractivity contribution in [3.8, 4) is 11.1 Å². The molecule has 0 aliphatic carbocycles. The van der Waals surface area contributed by atoms with Crippen LogP contribution in [0.1, 0.15) is 32.9 Å². The summed E-state index contributed by atoms with van der Waals surface area (Å²) in [7, 11) is -2.23. The van der Waals surface area contributed by atoms with Crippen molar-refractivity contribution in [1.29, 1.82) is 0 Å². The summed E-state index contributed by atoms with van der Waals surface area (Å²) >= 11 is 0. The first-order valence-electron chi connectivity index (χ1n) is 11.0. The molecule has 0 bridgehead atoms. The Balaban J connectivity index is 2.28. The molecule has 200 valence electrons. The molecule has 1 amide bonds. The van der Waals surface area contributed by atoms with Crippen LogP contribution in [0.25, 0.3) is 11.1 Å². The number of benzene rings is 2. The van der Waals surface area contributed by atoms with Crippen molar-refractivity contribution in [2.24, 2.45) is 0 Å². The zero-order valence-corrected chi connectivity index (χ0v) is 20.9. The molecule has 0 radical (unpaired) electrons. The fraction of sp³-hybridized carbons (Fsp3) is 0.320. The van der Waals surface area contributed by atoms with E-state index in [1.54, 1.807) is 30.3 Å². The van der Waals surface area contributed by atoms with Crippen LogP contribution in [0.4, 0.5) is 26.3 Å². The maximum atomic E-state index is 14.3. The molecule has 1 aromatic heterocycles. The van der Waals surface area contributed by atoms with Crippen LogP contribution in [0.5, 0.6) is 0 Å². The van der Waals surface area contributed by atoms with Gasteiger partial charge >= 0.3 is 12.4 Å². The molecule has 3 rings (SSSR count). The number of nitrogens with zero attached hydrogens (tertiary/aromatic N) is 2. The van der Waals surface area contributed by atoms with Gasteiger partial charge in [-0.05, 0) is 35.7 Å². The van der Waals surface area contributed by atoms with Crippen LogP contribution in [0, 0.1) is 6.92 Å². The van der Waals surface area contributed by atoms with Crippen LogP contribution in [-0.4, -0.2) is 49.4 Å². The average Bonchev–Trinajstić information content (AvgIpc) is 3.08. The fourth-order valence-corrected chi connectivity index (χ4v) is 4.63. The molecule has 0 N–H and O–H groups in total. The molecule has 1 heterocycles. The van der Waals surface area contributed by atoms with Crippen LogP contribution in [-0.2, 0) is 28.7 Å². The van der Waals surface area contributed by atoms with Gasteiger partial charge in [0.25, 0.3) is 5.91 Å². The Morgan fingerprint density at radius 3 is 1.97 bits per heavy atom. The Labute approximate surface area is 210 Å². The highest BCUT2D eigenvalue weighted by molar-refractivity contribution is 7.90. The lowest BCUT2D eigenvalue weighted by molar-refractivity contribution is -0.143. The molecular formula is C25H24F6N2O3S. The molecular weight excluding hydrogens is 522 g/mol. The summed E-state index contributed by atoms with van der Waals surface area (Å²) in [6.07, 6.45) is -8.60. The van der Waals surface area contributed by atoms with Gasteiger partial charge in [-0.1, -0.05) is 42.5 Å². The van der Waals surface area contributed by atoms with Gasteiger partial charge < -0.3 is 9.47 Å². The maximum Gasteiger partial charge on any atom is 0.431 e. The largest absolute Gasteiger partial charge is 0.431 e. The van der Waals surface area contributed by atoms with Gasteiger partial charge in [0.15, 0.2) is 0 Å². The molecule has 0 aliphatic heterocycles. The van der Waals surface area contributed by atoms with Crippen LogP contribution < -0.4 is 0 Å². The quantitative estimate of drug-likeness (QED) is 0.359. The Morgan fingerprint density at radius 2 is 1.49 bits per heavy atom. The Morgan fingerprint density at radius 1 is 0.919 bits per heavy atom. The number of rotatable bonds is 7. The van der Waals surface area contributed by atoms with Crippen molar-refractivity contribution < 1.29 is 39.6 Å². The van der Waals surface area contributed by atoms with Gasteiger partial charge in [-0.2, -0.15) is 26.3 Å². The summed E-state index contributed by atoms with van der Waals surface area (Å²) in [4.78, 5) is 14.5. The highest BCUT2D eigenvalue weighted by Gasteiger charge is 2.41. The third kappa shape index (κ3) is 6.54. The van der Waals surface area contributed by atoms with E-state index in [2.05, 4.69) is 0 Å². The lowest BCUT2D eigenvalue weighted by Gasteiger charge is -2.21. The lowest BCUT2D eigenvalue weighted by Crippen LogP contribution is -2.33. The fourth-order valence-electron chi connectivity index (χ4n) is 4.02. The number of carbonyl (C=O) groups excluding carboxylic acids is 1. The van der Waals surface area contributed by atoms with Gasteiger partial charge in [-0.15, -0.1) is 0 Å². The van der Waals surface area contributed by atoms with E-state index in [-0.39, 0.29) is 29.8 Å². The summed E-state index contributed by atoms with van der Waals surface area (Å²) in [5.41, 5.74) is -2.57. The minimum absolute atomic E-state index is 0.0114. The number of alkyl halides is 6. The standard InChI is InChI=1S/C25H24F6N2O3S/c1-16-20(18-9-11-19(12-10-18)24(26,27)28)21(23(34)32(2)13-14-37(3,35)36)33(22(16)25(29,30)31)15-17-7-5-4-6-8-17/h4-12H,13-15H2,1-3H3. The van der Waals surface area contributed by atoms with E-state index in [9.17, 15) is 39.6 Å². The molecule has 3 aromatic rings. The third-order valence-electron chi connectivity index (χ3n) is 5.81. The number of sulfone groups is 1. The third-order valence-corrected chi connectivity index (χ3v) is 6.73. The number of hydrogen-bond acceptors (Lipinski definition) is 3. The summed E-state index contributed by atoms with van der Waals surface area (Å²) in [6, 6.07) is 11.6. The summed E-state index contributed by atoms with van der Waals surface area (Å²) in [6.45, 7) is 0.518. The molecule has 0 saturated heterocycles. The highest BCUT2D eigenvalue weighted by atomic mass is 32.2. The molecule has 37 heavy (non-hydrogen) atoms. The van der Waals surface area contributed by atoms with E-state index in [0.717, 1.165) is 46.9 Å². The van der Waals surface area contributed by atoms with Gasteiger partial charge in [0, 0.05) is 32.0 Å². The second-order valence-electron chi connectivity index (χ2n) is 8.70. The van der Waals surface area contributed by atoms with E-state index >= 15 is 0 Å². The number of halogens is 6. The van der Waals surface area contributed by atoms with Gasteiger partial charge in [0.1, 0.15) is 21.2 Å². The number of hydrogen-bond donors (Lipinski definition) is 0. The highest BCUT2D eigenvalue weighted by Crippen LogP contribution is 2.42. The van der Waals surface area contributed by atoms with E-state index < -0.39 is 50.8 Å². The minimum atomic E-state index is -4.90. The number of aromatic nitrogens is 1. The summed E-state index contributed by atoms with van der Waals surface area (Å²) in [5.74, 6) is -1.32. The SMILES string of the molecule is Cc1c(-c2ccc(C(F)(F)F)cc2)c(C(=O)N(C)CCS(C)(=O)=O)n(Cc2ccccc2)c1C(F)(F)F. The van der Waals surface area contributed by atoms with E-state index in [1.807, 2.05) is 0 Å². The normalized spacial score (nSPS) is 12.6. The minimum Gasteiger partial charge on any atom is -0.339 e. The van der Waals surface area contributed by atoms with Crippen molar-refractivity contribution in [1.82, 2.24) is 9.47 Å². The molecule has 5 nitrogen and oxygen atoms in total. The van der Waals surface area contributed by atoms with Crippen LogP contribution >= 0.6 is 0 Å². The Kier molecular flexibility index (Phi) is 7.83. The van der Waals surface area contributed by atoms with E-state index in [4.69, 9.17) is 0 Å². The van der Waals surface area contributed by atoms with Gasteiger partial charge in [-0.3, -0.25) is 4.79 Å². The number of amides is 1. The predicted octanol–water partition coefficient (Wildman–Crippen LogP) is 5.67. The monoisotopic (exact) mass is 546 g/mol. The zero-order valence-electron chi connectivity index (χ0n) is 20.1. The van der Waals surface area contributed by atoms with E-state index in [1.165, 1.54) is 7.05 Å². The summed E-state index contributed by atoms with van der Waals surface area (Å²) < 4.78 is 106. The number of carbonyl (C=O) groups is 1. The van der Waals surface area contributed by atoms with Crippen molar-refractivity contribution in [3.05, 3.63) is 82.7 Å². The van der Waals surface area contributed by atoms with Gasteiger partial charge in [0.05, 0.1) is 11.3 Å². The van der Waals surface area contributed by atoms with Crippen molar-refractivity contribution >= 4 is 15.7 Å². The maximum absolute atomic E-state index is 14.3. The molecule has 0 aliphatic rings. The Hall–Kier alpha value is -3.28. The molecule has 0 unspecified atom stereocenters. The predicted molar refractivity (Wildman–Crippen MR) is 127 cm³/mol. The molecule has 0 saturated carbocycles. The van der Waals surface area contributed by atoms with Crippen molar-refractivity contribution in [2.75, 3.05) is 25.6 Å². The average molecular weight is 547 g/mol. The van der Waals surface area contributed by atoms with Crippen LogP contribution in [0.15, 0.2) is 54.6 Å². The van der Waals surface area contributed by atoms with E-state index in [0.29, 0.717) is 5.56 Å². The molecule has 0 spiro atoms. The van der Waals surface area contributed by atoms with Crippen LogP contribution in [0.2, 0.25) is 0 Å². The first-order chi connectivity index (χ1) is 17.0. The molecule has 0 atom stereocenters. The smallest absolute Gasteiger partial charge is 0.339 e. The first-order valence-corrected chi connectivity index (χ1v) is 13.0. The second kappa shape index (κ2) is 10.2. The molecule has 0 fully saturated rings. The second-order valence-corrected chi connectivity index (χ2v) is 11.0. The molecule has 12 heteroatoms. The Bertz CT molecular complexity index is 1380.